The average molecular weight is 241 g/mol. The van der Waals surface area contributed by atoms with Gasteiger partial charge in [0.2, 0.25) is 0 Å². The van der Waals surface area contributed by atoms with Gasteiger partial charge in [-0.15, -0.1) is 0 Å². The minimum absolute atomic E-state index is 0.237. The number of anilines is 1. The number of hydrogen-bond acceptors (Lipinski definition) is 3. The standard InChI is InChI=1S/C12H17ClN2O/c13-10-2-1-3-12(8-10)15-6-5-14-11(9-15)4-7-16/h1-3,8,11,14,16H,4-7,9H2. The van der Waals surface area contributed by atoms with Crippen LogP contribution in [0.1, 0.15) is 6.42 Å². The van der Waals surface area contributed by atoms with Crippen LogP contribution in [0.2, 0.25) is 5.02 Å². The van der Waals surface area contributed by atoms with Crippen molar-refractivity contribution < 1.29 is 5.11 Å². The van der Waals surface area contributed by atoms with Crippen molar-refractivity contribution in [1.82, 2.24) is 5.32 Å². The first-order valence-corrected chi connectivity index (χ1v) is 6.02. The van der Waals surface area contributed by atoms with Crippen molar-refractivity contribution in [2.75, 3.05) is 31.1 Å². The number of aliphatic hydroxyl groups is 1. The molecule has 1 aromatic rings. The smallest absolute Gasteiger partial charge is 0.0446 e. The summed E-state index contributed by atoms with van der Waals surface area (Å²) in [4.78, 5) is 2.31. The number of benzene rings is 1. The number of hydrogen-bond donors (Lipinski definition) is 2. The van der Waals surface area contributed by atoms with Crippen LogP contribution in [-0.4, -0.2) is 37.4 Å². The molecule has 1 unspecified atom stereocenters. The third-order valence-corrected chi connectivity index (χ3v) is 3.14. The van der Waals surface area contributed by atoms with Crippen molar-refractivity contribution in [2.24, 2.45) is 0 Å². The summed E-state index contributed by atoms with van der Waals surface area (Å²) in [5.41, 5.74) is 1.16. The van der Waals surface area contributed by atoms with E-state index < -0.39 is 0 Å². The van der Waals surface area contributed by atoms with E-state index in [1.165, 1.54) is 0 Å². The predicted octanol–water partition coefficient (Wildman–Crippen LogP) is 1.50. The Hall–Kier alpha value is -0.770. The lowest BCUT2D eigenvalue weighted by atomic mass is 10.1. The van der Waals surface area contributed by atoms with Crippen molar-refractivity contribution in [3.8, 4) is 0 Å². The molecular weight excluding hydrogens is 224 g/mol. The van der Waals surface area contributed by atoms with Crippen molar-refractivity contribution in [1.29, 1.82) is 0 Å². The molecule has 3 nitrogen and oxygen atoms in total. The van der Waals surface area contributed by atoms with Crippen LogP contribution in [0.4, 0.5) is 5.69 Å². The highest BCUT2D eigenvalue weighted by Gasteiger charge is 2.18. The van der Waals surface area contributed by atoms with Crippen molar-refractivity contribution in [3.05, 3.63) is 29.3 Å². The van der Waals surface area contributed by atoms with E-state index in [1.54, 1.807) is 0 Å². The third-order valence-electron chi connectivity index (χ3n) is 2.91. The van der Waals surface area contributed by atoms with Gasteiger partial charge in [-0.3, -0.25) is 0 Å². The van der Waals surface area contributed by atoms with Crippen LogP contribution in [0.15, 0.2) is 24.3 Å². The minimum atomic E-state index is 0.237. The molecule has 0 aromatic heterocycles. The second-order valence-corrected chi connectivity index (χ2v) is 4.53. The molecule has 0 spiro atoms. The topological polar surface area (TPSA) is 35.5 Å². The van der Waals surface area contributed by atoms with Crippen LogP contribution >= 0.6 is 11.6 Å². The van der Waals surface area contributed by atoms with E-state index in [9.17, 15) is 0 Å². The van der Waals surface area contributed by atoms with Gasteiger partial charge in [0.25, 0.3) is 0 Å². The van der Waals surface area contributed by atoms with Gasteiger partial charge >= 0.3 is 0 Å². The molecule has 16 heavy (non-hydrogen) atoms. The Bertz CT molecular complexity index is 344. The number of halogens is 1. The maximum Gasteiger partial charge on any atom is 0.0446 e. The van der Waals surface area contributed by atoms with Crippen molar-refractivity contribution in [2.45, 2.75) is 12.5 Å². The van der Waals surface area contributed by atoms with Gasteiger partial charge in [0.15, 0.2) is 0 Å². The number of rotatable bonds is 3. The molecule has 0 bridgehead atoms. The first kappa shape index (κ1) is 11.7. The zero-order valence-electron chi connectivity index (χ0n) is 9.19. The van der Waals surface area contributed by atoms with Crippen LogP contribution in [0.3, 0.4) is 0 Å². The third kappa shape index (κ3) is 2.88. The van der Waals surface area contributed by atoms with E-state index in [2.05, 4.69) is 16.3 Å². The lowest BCUT2D eigenvalue weighted by Gasteiger charge is -2.35. The van der Waals surface area contributed by atoms with Crippen LogP contribution in [-0.2, 0) is 0 Å². The number of aliphatic hydroxyl groups excluding tert-OH is 1. The summed E-state index contributed by atoms with van der Waals surface area (Å²) in [5.74, 6) is 0. The highest BCUT2D eigenvalue weighted by atomic mass is 35.5. The van der Waals surface area contributed by atoms with Gasteiger partial charge in [-0.05, 0) is 24.6 Å². The van der Waals surface area contributed by atoms with E-state index in [-0.39, 0.29) is 6.61 Å². The highest BCUT2D eigenvalue weighted by Crippen LogP contribution is 2.20. The lowest BCUT2D eigenvalue weighted by molar-refractivity contribution is 0.260. The first-order chi connectivity index (χ1) is 7.79. The van der Waals surface area contributed by atoms with Gasteiger partial charge in [-0.2, -0.15) is 0 Å². The maximum atomic E-state index is 8.94. The largest absolute Gasteiger partial charge is 0.396 e. The number of nitrogens with one attached hydrogen (secondary N) is 1. The summed E-state index contributed by atoms with van der Waals surface area (Å²) in [5, 5.41) is 13.1. The molecule has 88 valence electrons. The SMILES string of the molecule is OCCC1CN(c2cccc(Cl)c2)CCN1. The minimum Gasteiger partial charge on any atom is -0.396 e. The van der Waals surface area contributed by atoms with Gasteiger partial charge in [-0.1, -0.05) is 17.7 Å². The Morgan fingerprint density at radius 3 is 3.12 bits per heavy atom. The predicted molar refractivity (Wildman–Crippen MR) is 67.2 cm³/mol. The Balaban J connectivity index is 2.03. The fraction of sp³-hybridized carbons (Fsp3) is 0.500. The highest BCUT2D eigenvalue weighted by molar-refractivity contribution is 6.30. The van der Waals surface area contributed by atoms with Crippen molar-refractivity contribution in [3.63, 3.8) is 0 Å². The van der Waals surface area contributed by atoms with Gasteiger partial charge in [-0.25, -0.2) is 0 Å². The van der Waals surface area contributed by atoms with Gasteiger partial charge < -0.3 is 15.3 Å². The molecule has 4 heteroatoms. The summed E-state index contributed by atoms with van der Waals surface area (Å²) in [6.07, 6.45) is 0.803. The molecule has 1 fully saturated rings. The summed E-state index contributed by atoms with van der Waals surface area (Å²) < 4.78 is 0. The van der Waals surface area contributed by atoms with Gasteiger partial charge in [0.1, 0.15) is 0 Å². The molecule has 2 N–H and O–H groups in total. The molecule has 1 saturated heterocycles. The maximum absolute atomic E-state index is 8.94. The van der Waals surface area contributed by atoms with Crippen LogP contribution in [0.5, 0.6) is 0 Å². The molecular formula is C12H17ClN2O. The van der Waals surface area contributed by atoms with E-state index >= 15 is 0 Å². The summed E-state index contributed by atoms with van der Waals surface area (Å²) in [7, 11) is 0. The molecule has 1 aliphatic rings. The molecule has 1 aliphatic heterocycles. The number of piperazine rings is 1. The van der Waals surface area contributed by atoms with Gasteiger partial charge in [0, 0.05) is 43.0 Å². The lowest BCUT2D eigenvalue weighted by Crippen LogP contribution is -2.51. The van der Waals surface area contributed by atoms with Crippen LogP contribution in [0, 0.1) is 0 Å². The Kier molecular flexibility index (Phi) is 4.04. The van der Waals surface area contributed by atoms with Crippen LogP contribution in [0.25, 0.3) is 0 Å². The van der Waals surface area contributed by atoms with Crippen molar-refractivity contribution >= 4 is 17.3 Å². The quantitative estimate of drug-likeness (QED) is 0.841. The summed E-state index contributed by atoms with van der Waals surface area (Å²) in [6.45, 7) is 3.11. The fourth-order valence-electron chi connectivity index (χ4n) is 2.08. The normalized spacial score (nSPS) is 21.1. The van der Waals surface area contributed by atoms with Crippen LogP contribution < -0.4 is 10.2 Å². The molecule has 1 aromatic carbocycles. The molecule has 2 rings (SSSR count). The Labute approximate surface area is 101 Å². The van der Waals surface area contributed by atoms with E-state index in [0.29, 0.717) is 6.04 Å². The summed E-state index contributed by atoms with van der Waals surface area (Å²) in [6, 6.07) is 8.30. The molecule has 0 radical (unpaired) electrons. The molecule has 1 atom stereocenters. The monoisotopic (exact) mass is 240 g/mol. The molecule has 0 aliphatic carbocycles. The van der Waals surface area contributed by atoms with Gasteiger partial charge in [0.05, 0.1) is 0 Å². The molecule has 0 saturated carbocycles. The van der Waals surface area contributed by atoms with E-state index in [4.69, 9.17) is 16.7 Å². The van der Waals surface area contributed by atoms with E-state index in [0.717, 1.165) is 36.8 Å². The average Bonchev–Trinajstić information content (AvgIpc) is 2.30. The second-order valence-electron chi connectivity index (χ2n) is 4.09. The molecule has 0 amide bonds. The first-order valence-electron chi connectivity index (χ1n) is 5.64. The number of nitrogens with zero attached hydrogens (tertiary/aromatic N) is 1. The zero-order chi connectivity index (χ0) is 11.4. The Morgan fingerprint density at radius 1 is 1.50 bits per heavy atom. The second kappa shape index (κ2) is 5.53. The summed E-state index contributed by atoms with van der Waals surface area (Å²) >= 11 is 5.98. The zero-order valence-corrected chi connectivity index (χ0v) is 9.95. The Morgan fingerprint density at radius 2 is 2.38 bits per heavy atom. The molecule has 1 heterocycles. The fourth-order valence-corrected chi connectivity index (χ4v) is 2.27. The van der Waals surface area contributed by atoms with E-state index in [1.807, 2.05) is 18.2 Å².